The number of rotatable bonds is 1. The molecule has 0 amide bonds. The van der Waals surface area contributed by atoms with E-state index in [1.165, 1.54) is 0 Å². The highest BCUT2D eigenvalue weighted by atomic mass is 19.3. The number of hydrogen-bond donors (Lipinski definition) is 1. The summed E-state index contributed by atoms with van der Waals surface area (Å²) >= 11 is 0. The van der Waals surface area contributed by atoms with Crippen LogP contribution in [0.2, 0.25) is 0 Å². The SMILES string of the molecule is Nc1nc(C(F)F)co1. The fraction of sp³-hybridized carbons (Fsp3) is 0.250. The third-order valence-electron chi connectivity index (χ3n) is 0.763. The van der Waals surface area contributed by atoms with E-state index in [2.05, 4.69) is 9.40 Å². The average Bonchev–Trinajstić information content (AvgIpc) is 2.14. The lowest BCUT2D eigenvalue weighted by atomic mass is 10.5. The maximum atomic E-state index is 11.6. The molecule has 0 aliphatic heterocycles. The first-order chi connectivity index (χ1) is 4.20. The van der Waals surface area contributed by atoms with Crippen molar-refractivity contribution in [1.82, 2.24) is 4.98 Å². The predicted molar refractivity (Wildman–Crippen MR) is 25.9 cm³/mol. The van der Waals surface area contributed by atoms with Crippen molar-refractivity contribution in [3.8, 4) is 0 Å². The second kappa shape index (κ2) is 2.00. The molecule has 9 heavy (non-hydrogen) atoms. The van der Waals surface area contributed by atoms with Crippen molar-refractivity contribution in [3.05, 3.63) is 12.0 Å². The van der Waals surface area contributed by atoms with Gasteiger partial charge in [-0.15, -0.1) is 0 Å². The third kappa shape index (κ3) is 1.16. The molecule has 1 heterocycles. The average molecular weight is 134 g/mol. The van der Waals surface area contributed by atoms with E-state index in [1.54, 1.807) is 0 Å². The molecule has 0 saturated carbocycles. The minimum atomic E-state index is -2.61. The van der Waals surface area contributed by atoms with E-state index in [9.17, 15) is 8.78 Å². The highest BCUT2D eigenvalue weighted by molar-refractivity contribution is 5.12. The van der Waals surface area contributed by atoms with E-state index >= 15 is 0 Å². The molecule has 50 valence electrons. The number of anilines is 1. The molecule has 0 bridgehead atoms. The van der Waals surface area contributed by atoms with E-state index < -0.39 is 12.1 Å². The van der Waals surface area contributed by atoms with Crippen LogP contribution in [0.25, 0.3) is 0 Å². The molecule has 0 aliphatic rings. The number of hydrogen-bond acceptors (Lipinski definition) is 3. The summed E-state index contributed by atoms with van der Waals surface area (Å²) < 4.78 is 27.5. The number of nitrogens with zero attached hydrogens (tertiary/aromatic N) is 1. The van der Waals surface area contributed by atoms with E-state index in [1.807, 2.05) is 0 Å². The first-order valence-corrected chi connectivity index (χ1v) is 2.19. The van der Waals surface area contributed by atoms with Crippen LogP contribution >= 0.6 is 0 Å². The molecule has 0 aliphatic carbocycles. The van der Waals surface area contributed by atoms with Crippen LogP contribution in [0.15, 0.2) is 10.7 Å². The summed E-state index contributed by atoms with van der Waals surface area (Å²) in [6, 6.07) is -0.231. The first-order valence-electron chi connectivity index (χ1n) is 2.19. The van der Waals surface area contributed by atoms with Crippen molar-refractivity contribution >= 4 is 6.01 Å². The maximum Gasteiger partial charge on any atom is 0.292 e. The van der Waals surface area contributed by atoms with Crippen LogP contribution in [0, 0.1) is 0 Å². The van der Waals surface area contributed by atoms with Gasteiger partial charge in [0.2, 0.25) is 0 Å². The number of halogens is 2. The fourth-order valence-corrected chi connectivity index (χ4v) is 0.401. The van der Waals surface area contributed by atoms with Crippen molar-refractivity contribution < 1.29 is 13.2 Å². The highest BCUT2D eigenvalue weighted by Crippen LogP contribution is 2.17. The summed E-state index contributed by atoms with van der Waals surface area (Å²) in [4.78, 5) is 3.17. The minimum absolute atomic E-state index is 0.231. The lowest BCUT2D eigenvalue weighted by Crippen LogP contribution is -1.86. The first kappa shape index (κ1) is 6.00. The van der Waals surface area contributed by atoms with Crippen LogP contribution in [-0.2, 0) is 0 Å². The summed E-state index contributed by atoms with van der Waals surface area (Å²) in [5.74, 6) is 0. The fourth-order valence-electron chi connectivity index (χ4n) is 0.401. The minimum Gasteiger partial charge on any atom is -0.432 e. The largest absolute Gasteiger partial charge is 0.432 e. The Balaban J connectivity index is 2.85. The van der Waals surface area contributed by atoms with Gasteiger partial charge >= 0.3 is 0 Å². The van der Waals surface area contributed by atoms with Gasteiger partial charge in [-0.05, 0) is 0 Å². The lowest BCUT2D eigenvalue weighted by molar-refractivity contribution is 0.146. The van der Waals surface area contributed by atoms with Gasteiger partial charge in [-0.3, -0.25) is 0 Å². The molecule has 0 atom stereocenters. The van der Waals surface area contributed by atoms with Crippen LogP contribution < -0.4 is 5.73 Å². The van der Waals surface area contributed by atoms with Gasteiger partial charge in [0.05, 0.1) is 0 Å². The number of alkyl halides is 2. The van der Waals surface area contributed by atoms with Gasteiger partial charge in [0.1, 0.15) is 12.0 Å². The molecule has 0 aromatic carbocycles. The van der Waals surface area contributed by atoms with Gasteiger partial charge in [0.15, 0.2) is 0 Å². The lowest BCUT2D eigenvalue weighted by Gasteiger charge is -1.85. The molecule has 5 heteroatoms. The molecule has 0 unspecified atom stereocenters. The molecule has 1 aromatic rings. The van der Waals surface area contributed by atoms with Gasteiger partial charge in [-0.25, -0.2) is 8.78 Å². The van der Waals surface area contributed by atoms with Crippen molar-refractivity contribution in [2.45, 2.75) is 6.43 Å². The quantitative estimate of drug-likeness (QED) is 0.627. The van der Waals surface area contributed by atoms with Crippen molar-refractivity contribution in [1.29, 1.82) is 0 Å². The smallest absolute Gasteiger partial charge is 0.292 e. The number of aromatic nitrogens is 1. The Morgan fingerprint density at radius 2 is 2.33 bits per heavy atom. The standard InChI is InChI=1S/C4H4F2N2O/c5-3(6)2-1-9-4(7)8-2/h1,3H,(H2,7,8). The molecule has 0 saturated heterocycles. The monoisotopic (exact) mass is 134 g/mol. The van der Waals surface area contributed by atoms with Crippen LogP contribution in [0.3, 0.4) is 0 Å². The van der Waals surface area contributed by atoms with Gasteiger partial charge in [0.25, 0.3) is 12.4 Å². The molecule has 3 nitrogen and oxygen atoms in total. The molecular formula is C4H4F2N2O. The van der Waals surface area contributed by atoms with Gasteiger partial charge in [0, 0.05) is 0 Å². The molecule has 2 N–H and O–H groups in total. The number of nitrogen functional groups attached to an aromatic ring is 1. The van der Waals surface area contributed by atoms with E-state index in [-0.39, 0.29) is 6.01 Å². The Hall–Kier alpha value is -1.13. The topological polar surface area (TPSA) is 52.0 Å². The Kier molecular flexibility index (Phi) is 1.33. The zero-order chi connectivity index (χ0) is 6.85. The second-order valence-corrected chi connectivity index (χ2v) is 1.41. The van der Waals surface area contributed by atoms with Crippen molar-refractivity contribution in [3.63, 3.8) is 0 Å². The molecule has 1 aromatic heterocycles. The Labute approximate surface area is 49.5 Å². The van der Waals surface area contributed by atoms with Crippen molar-refractivity contribution in [2.75, 3.05) is 5.73 Å². The van der Waals surface area contributed by atoms with Gasteiger partial charge in [-0.2, -0.15) is 4.98 Å². The Morgan fingerprint density at radius 3 is 2.56 bits per heavy atom. The normalized spacial score (nSPS) is 10.6. The molecule has 0 radical (unpaired) electrons. The molecule has 0 fully saturated rings. The van der Waals surface area contributed by atoms with E-state index in [0.29, 0.717) is 0 Å². The van der Waals surface area contributed by atoms with Crippen LogP contribution in [0.1, 0.15) is 12.1 Å². The van der Waals surface area contributed by atoms with E-state index in [0.717, 1.165) is 6.26 Å². The van der Waals surface area contributed by atoms with E-state index in [4.69, 9.17) is 5.73 Å². The zero-order valence-corrected chi connectivity index (χ0v) is 4.34. The van der Waals surface area contributed by atoms with Crippen molar-refractivity contribution in [2.24, 2.45) is 0 Å². The Bertz CT molecular complexity index is 198. The highest BCUT2D eigenvalue weighted by Gasteiger charge is 2.10. The van der Waals surface area contributed by atoms with Gasteiger partial charge in [-0.1, -0.05) is 0 Å². The second-order valence-electron chi connectivity index (χ2n) is 1.41. The summed E-state index contributed by atoms with van der Waals surface area (Å²) in [5.41, 5.74) is 4.48. The third-order valence-corrected chi connectivity index (χ3v) is 0.763. The molecule has 1 rings (SSSR count). The number of oxazole rings is 1. The van der Waals surface area contributed by atoms with Crippen LogP contribution in [0.5, 0.6) is 0 Å². The summed E-state index contributed by atoms with van der Waals surface area (Å²) in [7, 11) is 0. The zero-order valence-electron chi connectivity index (χ0n) is 4.34. The van der Waals surface area contributed by atoms with Gasteiger partial charge < -0.3 is 10.2 Å². The summed E-state index contributed by atoms with van der Waals surface area (Å²) in [6.07, 6.45) is -1.77. The summed E-state index contributed by atoms with van der Waals surface area (Å²) in [6.45, 7) is 0. The maximum absolute atomic E-state index is 11.6. The summed E-state index contributed by atoms with van der Waals surface area (Å²) in [5, 5.41) is 0. The Morgan fingerprint density at radius 1 is 1.67 bits per heavy atom. The predicted octanol–water partition coefficient (Wildman–Crippen LogP) is 1.19. The van der Waals surface area contributed by atoms with Crippen LogP contribution in [0.4, 0.5) is 14.8 Å². The molecule has 0 spiro atoms. The van der Waals surface area contributed by atoms with Crippen LogP contribution in [-0.4, -0.2) is 4.98 Å². The molecular weight excluding hydrogens is 130 g/mol. The number of nitrogens with two attached hydrogens (primary N) is 1.